The first kappa shape index (κ1) is 12.6. The number of hydrogen-bond donors (Lipinski definition) is 1. The average Bonchev–Trinajstić information content (AvgIpc) is 2.29. The van der Waals surface area contributed by atoms with Crippen molar-refractivity contribution in [1.82, 2.24) is 4.98 Å². The second-order valence-corrected chi connectivity index (χ2v) is 3.27. The zero-order valence-corrected chi connectivity index (χ0v) is 9.47. The molecule has 0 fully saturated rings. The van der Waals surface area contributed by atoms with Crippen LogP contribution in [0.4, 0.5) is 0 Å². The van der Waals surface area contributed by atoms with E-state index in [-0.39, 0.29) is 12.4 Å². The normalized spacial score (nSPS) is 12.2. The molecule has 5 nitrogen and oxygen atoms in total. The molecule has 0 radical (unpaired) electrons. The van der Waals surface area contributed by atoms with Crippen molar-refractivity contribution in [3.8, 4) is 5.75 Å². The number of carbonyl (C=O) groups excluding carboxylic acids is 1. The van der Waals surface area contributed by atoms with Gasteiger partial charge in [-0.05, 0) is 13.0 Å². The predicted octanol–water partition coefficient (Wildman–Crippen LogP) is 0.637. The Morgan fingerprint density at radius 3 is 2.94 bits per heavy atom. The molecule has 0 spiro atoms. The zero-order valence-electron chi connectivity index (χ0n) is 9.47. The topological polar surface area (TPSA) is 74.4 Å². The molecule has 0 aliphatic rings. The summed E-state index contributed by atoms with van der Waals surface area (Å²) in [5, 5.41) is 0. The number of nitrogens with zero attached hydrogens (tertiary/aromatic N) is 1. The fourth-order valence-corrected chi connectivity index (χ4v) is 1.27. The molecular weight excluding hydrogens is 208 g/mol. The van der Waals surface area contributed by atoms with E-state index in [1.165, 1.54) is 13.3 Å². The lowest BCUT2D eigenvalue weighted by molar-refractivity contribution is 0.0891. The molecule has 88 valence electrons. The minimum Gasteiger partial charge on any atom is -0.492 e. The third kappa shape index (κ3) is 3.29. The standard InChI is InChI=1S/C11H16N2O3/c1-3-16-9-4-8(5-13-6-9)11(14)10(12)7-15-2/h4-6,10H,3,7,12H2,1-2H3. The minimum atomic E-state index is -0.663. The highest BCUT2D eigenvalue weighted by Crippen LogP contribution is 2.12. The van der Waals surface area contributed by atoms with E-state index in [9.17, 15) is 4.79 Å². The number of pyridine rings is 1. The van der Waals surface area contributed by atoms with Gasteiger partial charge in [-0.15, -0.1) is 0 Å². The molecule has 0 saturated heterocycles. The summed E-state index contributed by atoms with van der Waals surface area (Å²) in [7, 11) is 1.50. The van der Waals surface area contributed by atoms with Crippen LogP contribution < -0.4 is 10.5 Å². The molecule has 16 heavy (non-hydrogen) atoms. The van der Waals surface area contributed by atoms with Crippen LogP contribution in [0.1, 0.15) is 17.3 Å². The number of hydrogen-bond acceptors (Lipinski definition) is 5. The van der Waals surface area contributed by atoms with Gasteiger partial charge < -0.3 is 15.2 Å². The van der Waals surface area contributed by atoms with E-state index in [1.807, 2.05) is 6.92 Å². The lowest BCUT2D eigenvalue weighted by atomic mass is 10.1. The Bertz CT molecular complexity index is 355. The van der Waals surface area contributed by atoms with E-state index in [0.717, 1.165) is 0 Å². The molecule has 2 N–H and O–H groups in total. The molecule has 0 aromatic carbocycles. The SMILES string of the molecule is CCOc1cncc(C(=O)C(N)COC)c1. The van der Waals surface area contributed by atoms with Gasteiger partial charge in [-0.25, -0.2) is 0 Å². The largest absolute Gasteiger partial charge is 0.492 e. The number of Topliss-reactive ketones (excluding diaryl/α,β-unsaturated/α-hetero) is 1. The van der Waals surface area contributed by atoms with E-state index in [2.05, 4.69) is 4.98 Å². The molecule has 1 aromatic rings. The molecule has 0 aliphatic heterocycles. The van der Waals surface area contributed by atoms with Gasteiger partial charge in [-0.1, -0.05) is 0 Å². The van der Waals surface area contributed by atoms with Crippen LogP contribution in [0.15, 0.2) is 18.5 Å². The molecule has 1 atom stereocenters. The van der Waals surface area contributed by atoms with Gasteiger partial charge in [0.05, 0.1) is 25.5 Å². The fraction of sp³-hybridized carbons (Fsp3) is 0.455. The number of nitrogens with two attached hydrogens (primary N) is 1. The molecule has 0 saturated carbocycles. The maximum Gasteiger partial charge on any atom is 0.183 e. The second kappa shape index (κ2) is 6.19. The van der Waals surface area contributed by atoms with Gasteiger partial charge in [0.15, 0.2) is 5.78 Å². The highest BCUT2D eigenvalue weighted by Gasteiger charge is 2.16. The Morgan fingerprint density at radius 2 is 2.31 bits per heavy atom. The van der Waals surface area contributed by atoms with Gasteiger partial charge in [0.25, 0.3) is 0 Å². The van der Waals surface area contributed by atoms with E-state index in [4.69, 9.17) is 15.2 Å². The van der Waals surface area contributed by atoms with Gasteiger partial charge in [0, 0.05) is 18.9 Å². The van der Waals surface area contributed by atoms with Crippen molar-refractivity contribution >= 4 is 5.78 Å². The Hall–Kier alpha value is -1.46. The molecule has 1 unspecified atom stereocenters. The highest BCUT2D eigenvalue weighted by atomic mass is 16.5. The number of aromatic nitrogens is 1. The first-order chi connectivity index (χ1) is 7.69. The van der Waals surface area contributed by atoms with Crippen LogP contribution in [-0.2, 0) is 4.74 Å². The molecule has 0 amide bonds. The van der Waals surface area contributed by atoms with E-state index in [0.29, 0.717) is 17.9 Å². The molecular formula is C11H16N2O3. The van der Waals surface area contributed by atoms with Crippen LogP contribution in [-0.4, -0.2) is 37.1 Å². The van der Waals surface area contributed by atoms with Crippen LogP contribution in [0.3, 0.4) is 0 Å². The Balaban J connectivity index is 2.78. The molecule has 1 heterocycles. The van der Waals surface area contributed by atoms with Crippen molar-refractivity contribution in [2.75, 3.05) is 20.3 Å². The number of methoxy groups -OCH3 is 1. The lowest BCUT2D eigenvalue weighted by Gasteiger charge is -2.10. The fourth-order valence-electron chi connectivity index (χ4n) is 1.27. The van der Waals surface area contributed by atoms with Gasteiger partial charge in [-0.3, -0.25) is 9.78 Å². The Kier molecular flexibility index (Phi) is 4.88. The average molecular weight is 224 g/mol. The van der Waals surface area contributed by atoms with Crippen molar-refractivity contribution < 1.29 is 14.3 Å². The summed E-state index contributed by atoms with van der Waals surface area (Å²) in [6, 6.07) is 0.970. The quantitative estimate of drug-likeness (QED) is 0.717. The van der Waals surface area contributed by atoms with Crippen molar-refractivity contribution in [1.29, 1.82) is 0 Å². The third-order valence-electron chi connectivity index (χ3n) is 1.99. The summed E-state index contributed by atoms with van der Waals surface area (Å²) in [6.07, 6.45) is 3.03. The van der Waals surface area contributed by atoms with Gasteiger partial charge in [-0.2, -0.15) is 0 Å². The van der Waals surface area contributed by atoms with E-state index >= 15 is 0 Å². The van der Waals surface area contributed by atoms with Crippen LogP contribution in [0.25, 0.3) is 0 Å². The summed E-state index contributed by atoms with van der Waals surface area (Å²) < 4.78 is 10.1. The molecule has 0 aliphatic carbocycles. The van der Waals surface area contributed by atoms with Gasteiger partial charge in [0.2, 0.25) is 0 Å². The summed E-state index contributed by atoms with van der Waals surface area (Å²) in [5.74, 6) is 0.369. The van der Waals surface area contributed by atoms with Crippen LogP contribution >= 0.6 is 0 Å². The van der Waals surface area contributed by atoms with Crippen LogP contribution in [0.5, 0.6) is 5.75 Å². The van der Waals surface area contributed by atoms with Crippen molar-refractivity contribution in [2.24, 2.45) is 5.73 Å². The van der Waals surface area contributed by atoms with E-state index < -0.39 is 6.04 Å². The zero-order chi connectivity index (χ0) is 12.0. The lowest BCUT2D eigenvalue weighted by Crippen LogP contribution is -2.34. The van der Waals surface area contributed by atoms with Crippen molar-refractivity contribution in [3.05, 3.63) is 24.0 Å². The van der Waals surface area contributed by atoms with Crippen molar-refractivity contribution in [2.45, 2.75) is 13.0 Å². The maximum atomic E-state index is 11.8. The molecule has 1 rings (SSSR count). The van der Waals surface area contributed by atoms with E-state index in [1.54, 1.807) is 12.3 Å². The Morgan fingerprint density at radius 1 is 1.56 bits per heavy atom. The highest BCUT2D eigenvalue weighted by molar-refractivity contribution is 6.00. The first-order valence-electron chi connectivity index (χ1n) is 5.05. The summed E-state index contributed by atoms with van der Waals surface area (Å²) in [4.78, 5) is 15.7. The smallest absolute Gasteiger partial charge is 0.183 e. The molecule has 1 aromatic heterocycles. The van der Waals surface area contributed by atoms with Crippen LogP contribution in [0.2, 0.25) is 0 Å². The number of rotatable bonds is 6. The number of ketones is 1. The van der Waals surface area contributed by atoms with Crippen molar-refractivity contribution in [3.63, 3.8) is 0 Å². The third-order valence-corrected chi connectivity index (χ3v) is 1.99. The molecule has 0 bridgehead atoms. The minimum absolute atomic E-state index is 0.192. The number of ether oxygens (including phenoxy) is 2. The maximum absolute atomic E-state index is 11.8. The summed E-state index contributed by atoms with van der Waals surface area (Å²) in [6.45, 7) is 2.59. The predicted molar refractivity (Wildman–Crippen MR) is 59.6 cm³/mol. The van der Waals surface area contributed by atoms with Gasteiger partial charge in [0.1, 0.15) is 5.75 Å². The molecule has 5 heteroatoms. The Labute approximate surface area is 94.6 Å². The first-order valence-corrected chi connectivity index (χ1v) is 5.05. The summed E-state index contributed by atoms with van der Waals surface area (Å²) in [5.41, 5.74) is 6.08. The summed E-state index contributed by atoms with van der Waals surface area (Å²) >= 11 is 0. The van der Waals surface area contributed by atoms with Gasteiger partial charge >= 0.3 is 0 Å². The number of carbonyl (C=O) groups is 1. The second-order valence-electron chi connectivity index (χ2n) is 3.27. The monoisotopic (exact) mass is 224 g/mol. The van der Waals surface area contributed by atoms with Crippen LogP contribution in [0, 0.1) is 0 Å².